The Balaban J connectivity index is 2.55. The Hall–Kier alpha value is -0.933. The Kier molecular flexibility index (Phi) is 9.16. The summed E-state index contributed by atoms with van der Waals surface area (Å²) in [6.07, 6.45) is 12.4. The molecule has 1 fully saturated rings. The lowest BCUT2D eigenvalue weighted by atomic mass is 9.57. The molecule has 6 atom stereocenters. The molecule has 0 aromatic carbocycles. The molecule has 0 aromatic rings. The van der Waals surface area contributed by atoms with Gasteiger partial charge in [-0.1, -0.05) is 77.8 Å². The van der Waals surface area contributed by atoms with Gasteiger partial charge in [0, 0.05) is 11.8 Å². The zero-order valence-corrected chi connectivity index (χ0v) is 22.8. The summed E-state index contributed by atoms with van der Waals surface area (Å²) in [7, 11) is -1.94. The second-order valence-corrected chi connectivity index (χ2v) is 16.6. The third-order valence-corrected chi connectivity index (χ3v) is 14.8. The zero-order chi connectivity index (χ0) is 23.5. The van der Waals surface area contributed by atoms with Crippen LogP contribution in [0.3, 0.4) is 0 Å². The summed E-state index contributed by atoms with van der Waals surface area (Å²) in [6, 6.07) is 0. The van der Waals surface area contributed by atoms with Crippen molar-refractivity contribution in [2.45, 2.75) is 105 Å². The quantitative estimate of drug-likeness (QED) is 0.163. The lowest BCUT2D eigenvalue weighted by Crippen LogP contribution is -2.54. The molecule has 2 rings (SSSR count). The van der Waals surface area contributed by atoms with E-state index >= 15 is 0 Å². The SMILES string of the molecule is C/C=C(\C)[C@H]1C(C)=C[C@@H]2[C@@H]([C@H]1/C=C/C=O)[C@H](C)CC[C@H]2O[Si](C(C)C)(C(C)C)C(C)C. The van der Waals surface area contributed by atoms with Crippen molar-refractivity contribution >= 4 is 14.6 Å². The molecule has 2 nitrogen and oxygen atoms in total. The highest BCUT2D eigenvalue weighted by atomic mass is 28.4. The number of aldehydes is 1. The molecule has 0 bridgehead atoms. The van der Waals surface area contributed by atoms with Gasteiger partial charge in [-0.05, 0) is 74.1 Å². The predicted molar refractivity (Wildman–Crippen MR) is 137 cm³/mol. The highest BCUT2D eigenvalue weighted by Crippen LogP contribution is 2.53. The van der Waals surface area contributed by atoms with Gasteiger partial charge in [0.1, 0.15) is 6.29 Å². The van der Waals surface area contributed by atoms with Crippen LogP contribution in [0.2, 0.25) is 16.6 Å². The average Bonchev–Trinajstić information content (AvgIpc) is 2.69. The van der Waals surface area contributed by atoms with E-state index in [-0.39, 0.29) is 0 Å². The van der Waals surface area contributed by atoms with Crippen LogP contribution < -0.4 is 0 Å². The van der Waals surface area contributed by atoms with Crippen LogP contribution >= 0.6 is 0 Å². The number of fused-ring (bicyclic) bond motifs is 1. The van der Waals surface area contributed by atoms with Crippen LogP contribution in [0.5, 0.6) is 0 Å². The molecule has 0 unspecified atom stereocenters. The normalized spacial score (nSPS) is 32.7. The van der Waals surface area contributed by atoms with E-state index in [0.717, 1.165) is 12.7 Å². The maximum absolute atomic E-state index is 11.3. The van der Waals surface area contributed by atoms with Gasteiger partial charge < -0.3 is 4.43 Å². The van der Waals surface area contributed by atoms with Crippen molar-refractivity contribution in [3.63, 3.8) is 0 Å². The minimum Gasteiger partial charge on any atom is -0.413 e. The molecule has 0 saturated heterocycles. The lowest BCUT2D eigenvalue weighted by Gasteiger charge is -2.53. The fourth-order valence-corrected chi connectivity index (χ4v) is 12.9. The summed E-state index contributed by atoms with van der Waals surface area (Å²) in [4.78, 5) is 11.3. The van der Waals surface area contributed by atoms with Gasteiger partial charge in [-0.3, -0.25) is 4.79 Å². The molecular formula is C28H48O2Si. The molecule has 0 radical (unpaired) electrons. The highest BCUT2D eigenvalue weighted by Gasteiger charge is 2.51. The Labute approximate surface area is 193 Å². The van der Waals surface area contributed by atoms with Gasteiger partial charge >= 0.3 is 0 Å². The monoisotopic (exact) mass is 444 g/mol. The molecule has 31 heavy (non-hydrogen) atoms. The van der Waals surface area contributed by atoms with Gasteiger partial charge in [0.2, 0.25) is 8.32 Å². The second kappa shape index (κ2) is 10.8. The van der Waals surface area contributed by atoms with Crippen LogP contribution in [0.4, 0.5) is 0 Å². The Morgan fingerprint density at radius 3 is 2.16 bits per heavy atom. The highest BCUT2D eigenvalue weighted by molar-refractivity contribution is 6.77. The molecule has 2 aliphatic carbocycles. The van der Waals surface area contributed by atoms with E-state index in [0.29, 0.717) is 52.3 Å². The van der Waals surface area contributed by atoms with Gasteiger partial charge in [0.25, 0.3) is 0 Å². The molecule has 2 aliphatic rings. The minimum atomic E-state index is -1.94. The van der Waals surface area contributed by atoms with Crippen molar-refractivity contribution in [1.82, 2.24) is 0 Å². The molecule has 0 amide bonds. The molecule has 0 aromatic heterocycles. The van der Waals surface area contributed by atoms with Gasteiger partial charge in [0.05, 0.1) is 6.10 Å². The van der Waals surface area contributed by atoms with E-state index < -0.39 is 8.32 Å². The van der Waals surface area contributed by atoms with Gasteiger partial charge in [-0.2, -0.15) is 0 Å². The van der Waals surface area contributed by atoms with Crippen molar-refractivity contribution in [1.29, 1.82) is 0 Å². The van der Waals surface area contributed by atoms with Crippen molar-refractivity contribution in [3.8, 4) is 0 Å². The summed E-state index contributed by atoms with van der Waals surface area (Å²) in [6.45, 7) is 23.4. The topological polar surface area (TPSA) is 26.3 Å². The molecule has 0 heterocycles. The van der Waals surface area contributed by atoms with Crippen LogP contribution in [0.1, 0.15) is 82.1 Å². The van der Waals surface area contributed by atoms with E-state index in [1.807, 2.05) is 0 Å². The van der Waals surface area contributed by atoms with E-state index in [9.17, 15) is 4.79 Å². The maximum Gasteiger partial charge on any atom is 0.200 e. The molecular weight excluding hydrogens is 396 g/mol. The van der Waals surface area contributed by atoms with Gasteiger partial charge in [0.15, 0.2) is 0 Å². The first-order valence-corrected chi connectivity index (χ1v) is 14.8. The first kappa shape index (κ1) is 26.3. The molecule has 3 heteroatoms. The number of rotatable bonds is 8. The summed E-state index contributed by atoms with van der Waals surface area (Å²) in [5.41, 5.74) is 4.66. The van der Waals surface area contributed by atoms with Gasteiger partial charge in [-0.25, -0.2) is 0 Å². The molecule has 0 aliphatic heterocycles. The third-order valence-electron chi connectivity index (χ3n) is 8.63. The van der Waals surface area contributed by atoms with Crippen LogP contribution in [-0.2, 0) is 9.22 Å². The fraction of sp³-hybridized carbons (Fsp3) is 0.750. The number of carbonyl (C=O) groups is 1. The predicted octanol–water partition coefficient (Wildman–Crippen LogP) is 8.12. The third kappa shape index (κ3) is 5.03. The van der Waals surface area contributed by atoms with E-state index in [1.165, 1.54) is 17.6 Å². The Morgan fingerprint density at radius 2 is 1.68 bits per heavy atom. The van der Waals surface area contributed by atoms with E-state index in [4.69, 9.17) is 4.43 Å². The number of hydrogen-bond acceptors (Lipinski definition) is 2. The molecule has 0 spiro atoms. The smallest absolute Gasteiger partial charge is 0.200 e. The van der Waals surface area contributed by atoms with Crippen LogP contribution in [0.15, 0.2) is 35.5 Å². The Morgan fingerprint density at radius 1 is 1.10 bits per heavy atom. The molecule has 0 N–H and O–H groups in total. The number of hydrogen-bond donors (Lipinski definition) is 0. The largest absolute Gasteiger partial charge is 0.413 e. The van der Waals surface area contributed by atoms with Crippen molar-refractivity contribution in [3.05, 3.63) is 35.5 Å². The van der Waals surface area contributed by atoms with Crippen LogP contribution in [0.25, 0.3) is 0 Å². The summed E-state index contributed by atoms with van der Waals surface area (Å²) >= 11 is 0. The van der Waals surface area contributed by atoms with E-state index in [1.54, 1.807) is 6.08 Å². The van der Waals surface area contributed by atoms with E-state index in [2.05, 4.69) is 87.5 Å². The second-order valence-electron chi connectivity index (χ2n) is 11.2. The van der Waals surface area contributed by atoms with Gasteiger partial charge in [-0.15, -0.1) is 0 Å². The van der Waals surface area contributed by atoms with Crippen LogP contribution in [0, 0.1) is 29.6 Å². The fourth-order valence-electron chi connectivity index (χ4n) is 7.29. The lowest BCUT2D eigenvalue weighted by molar-refractivity contribution is -0.104. The Bertz CT molecular complexity index is 678. The van der Waals surface area contributed by atoms with Crippen LogP contribution in [-0.4, -0.2) is 20.7 Å². The summed E-state index contributed by atoms with van der Waals surface area (Å²) in [5, 5.41) is 0. The zero-order valence-electron chi connectivity index (χ0n) is 21.8. The average molecular weight is 445 g/mol. The number of allylic oxidation sites excluding steroid dienone is 5. The first-order valence-electron chi connectivity index (χ1n) is 12.6. The standard InChI is InChI=1S/C28H48O2Si/c1-11-21(8)27-23(10)17-25-26(30-31(18(2)3,19(4)5)20(6)7)15-14-22(9)28(25)24(27)13-12-16-29/h11-13,16-20,22,24-28H,14-15H2,1-10H3/b13-12+,21-11+/t22-,24+,25+,26-,27+,28-/m1/s1. The molecule has 176 valence electrons. The molecule has 1 saturated carbocycles. The van der Waals surface area contributed by atoms with Crippen molar-refractivity contribution in [2.75, 3.05) is 0 Å². The summed E-state index contributed by atoms with van der Waals surface area (Å²) < 4.78 is 7.39. The minimum absolute atomic E-state index is 0.300. The first-order chi connectivity index (χ1) is 14.5. The van der Waals surface area contributed by atoms with Crippen molar-refractivity contribution in [2.24, 2.45) is 29.6 Å². The van der Waals surface area contributed by atoms with Crippen molar-refractivity contribution < 1.29 is 9.22 Å². The maximum atomic E-state index is 11.3. The number of carbonyl (C=O) groups excluding carboxylic acids is 1. The summed E-state index contributed by atoms with van der Waals surface area (Å²) in [5.74, 6) is 2.36.